The zero-order valence-corrected chi connectivity index (χ0v) is 27.4. The van der Waals surface area contributed by atoms with Gasteiger partial charge in [-0.1, -0.05) is 37.3 Å². The van der Waals surface area contributed by atoms with Gasteiger partial charge >= 0.3 is 0 Å². The van der Waals surface area contributed by atoms with Crippen molar-refractivity contribution < 1.29 is 19.2 Å². The van der Waals surface area contributed by atoms with Crippen LogP contribution in [0.15, 0.2) is 65.5 Å². The number of carbonyl (C=O) groups is 4. The van der Waals surface area contributed by atoms with Crippen molar-refractivity contribution in [2.24, 2.45) is 18.7 Å². The van der Waals surface area contributed by atoms with Crippen molar-refractivity contribution >= 4 is 57.1 Å². The SMILES string of the molecule is CC[C@@](C)(N)C(=O)N[C@H](Cc1cn(C)c2ccccc12)C(=O)CC1Cc2cccc(N3CCCC3=O)c2N(Cc2ccsc2)C1=O. The zero-order valence-electron chi connectivity index (χ0n) is 26.6. The van der Waals surface area contributed by atoms with E-state index in [2.05, 4.69) is 5.32 Å². The Morgan fingerprint density at radius 2 is 1.93 bits per heavy atom. The lowest BCUT2D eigenvalue weighted by Gasteiger charge is -2.37. The molecule has 4 aromatic rings. The van der Waals surface area contributed by atoms with Crippen molar-refractivity contribution in [3.63, 3.8) is 0 Å². The third-order valence-electron chi connectivity index (χ3n) is 9.53. The van der Waals surface area contributed by atoms with Crippen molar-refractivity contribution in [3.05, 3.63) is 82.2 Å². The van der Waals surface area contributed by atoms with Gasteiger partial charge in [-0.05, 0) is 71.8 Å². The topological polar surface area (TPSA) is 118 Å². The van der Waals surface area contributed by atoms with Crippen LogP contribution in [0.25, 0.3) is 10.9 Å². The molecule has 1 saturated heterocycles. The Bertz CT molecular complexity index is 1790. The quantitative estimate of drug-likeness (QED) is 0.243. The number of benzene rings is 2. The maximum absolute atomic E-state index is 14.3. The molecule has 2 aromatic carbocycles. The number of nitrogens with zero attached hydrogens (tertiary/aromatic N) is 3. The molecule has 2 aliphatic rings. The summed E-state index contributed by atoms with van der Waals surface area (Å²) in [5.41, 5.74) is 10.5. The van der Waals surface area contributed by atoms with E-state index in [0.717, 1.165) is 45.4 Å². The summed E-state index contributed by atoms with van der Waals surface area (Å²) >= 11 is 1.56. The minimum atomic E-state index is -1.14. The molecule has 6 rings (SSSR count). The van der Waals surface area contributed by atoms with E-state index in [9.17, 15) is 19.2 Å². The molecule has 3 N–H and O–H groups in total. The maximum Gasteiger partial charge on any atom is 0.240 e. The maximum atomic E-state index is 14.3. The van der Waals surface area contributed by atoms with E-state index in [-0.39, 0.29) is 30.4 Å². The number of hydrogen-bond donors (Lipinski definition) is 2. The third kappa shape index (κ3) is 6.11. The van der Waals surface area contributed by atoms with Crippen LogP contribution >= 0.6 is 11.3 Å². The molecule has 2 aliphatic heterocycles. The average Bonchev–Trinajstić information content (AvgIpc) is 3.79. The van der Waals surface area contributed by atoms with E-state index in [1.165, 1.54) is 0 Å². The number of Topliss-reactive ketones (excluding diaryl/α,β-unsaturated/α-hetero) is 1. The van der Waals surface area contributed by atoms with Gasteiger partial charge in [-0.25, -0.2) is 0 Å². The summed E-state index contributed by atoms with van der Waals surface area (Å²) in [4.78, 5) is 58.2. The lowest BCUT2D eigenvalue weighted by Crippen LogP contribution is -2.56. The van der Waals surface area contributed by atoms with E-state index >= 15 is 0 Å². The summed E-state index contributed by atoms with van der Waals surface area (Å²) in [6.45, 7) is 4.46. The van der Waals surface area contributed by atoms with Crippen LogP contribution in [0, 0.1) is 5.92 Å². The van der Waals surface area contributed by atoms with Crippen LogP contribution in [0.5, 0.6) is 0 Å². The van der Waals surface area contributed by atoms with Crippen LogP contribution in [0.2, 0.25) is 0 Å². The molecule has 0 saturated carbocycles. The molecule has 0 aliphatic carbocycles. The zero-order chi connectivity index (χ0) is 32.6. The van der Waals surface area contributed by atoms with Gasteiger partial charge < -0.3 is 25.4 Å². The summed E-state index contributed by atoms with van der Waals surface area (Å²) in [6, 6.07) is 14.9. The van der Waals surface area contributed by atoms with Gasteiger partial charge in [-0.15, -0.1) is 0 Å². The summed E-state index contributed by atoms with van der Waals surface area (Å²) in [6.07, 6.45) is 4.28. The van der Waals surface area contributed by atoms with Gasteiger partial charge in [0.2, 0.25) is 17.7 Å². The Hall–Kier alpha value is -4.28. The number of hydrogen-bond acceptors (Lipinski definition) is 6. The summed E-state index contributed by atoms with van der Waals surface area (Å²) < 4.78 is 2.01. The van der Waals surface area contributed by atoms with Crippen molar-refractivity contribution in [1.29, 1.82) is 0 Å². The Morgan fingerprint density at radius 3 is 2.65 bits per heavy atom. The normalized spacial score (nSPS) is 18.5. The average molecular weight is 640 g/mol. The Balaban J connectivity index is 1.32. The molecule has 0 radical (unpaired) electrons. The van der Waals surface area contributed by atoms with Crippen LogP contribution in [0.4, 0.5) is 11.4 Å². The number of aromatic nitrogens is 1. The Kier molecular flexibility index (Phi) is 8.85. The summed E-state index contributed by atoms with van der Waals surface area (Å²) in [7, 11) is 1.96. The number of rotatable bonds is 11. The van der Waals surface area contributed by atoms with Gasteiger partial charge in [0.05, 0.1) is 29.5 Å². The monoisotopic (exact) mass is 639 g/mol. The first kappa shape index (κ1) is 31.7. The smallest absolute Gasteiger partial charge is 0.240 e. The Labute approximate surface area is 273 Å². The number of thiophene rings is 1. The second-order valence-electron chi connectivity index (χ2n) is 12.8. The van der Waals surface area contributed by atoms with Crippen molar-refractivity contribution in [2.45, 2.75) is 70.5 Å². The molecule has 0 bridgehead atoms. The Morgan fingerprint density at radius 1 is 1.13 bits per heavy atom. The van der Waals surface area contributed by atoms with Crippen molar-refractivity contribution in [3.8, 4) is 0 Å². The van der Waals surface area contributed by atoms with Gasteiger partial charge in [0.15, 0.2) is 5.78 Å². The molecule has 0 spiro atoms. The van der Waals surface area contributed by atoms with E-state index in [4.69, 9.17) is 5.73 Å². The first-order valence-corrected chi connectivity index (χ1v) is 16.9. The number of aryl methyl sites for hydroxylation is 1. The van der Waals surface area contributed by atoms with Gasteiger partial charge in [0.25, 0.3) is 0 Å². The van der Waals surface area contributed by atoms with E-state index < -0.39 is 23.4 Å². The number of nitrogens with two attached hydrogens (primary N) is 1. The van der Waals surface area contributed by atoms with Crippen LogP contribution in [-0.4, -0.2) is 46.2 Å². The highest BCUT2D eigenvalue weighted by Crippen LogP contribution is 2.42. The molecule has 1 unspecified atom stereocenters. The van der Waals surface area contributed by atoms with E-state index in [0.29, 0.717) is 32.4 Å². The van der Waals surface area contributed by atoms with Crippen LogP contribution < -0.4 is 20.9 Å². The van der Waals surface area contributed by atoms with Crippen LogP contribution in [-0.2, 0) is 45.6 Å². The number of carbonyl (C=O) groups excluding carboxylic acids is 4. The lowest BCUT2D eigenvalue weighted by atomic mass is 9.85. The van der Waals surface area contributed by atoms with E-state index in [1.54, 1.807) is 28.1 Å². The van der Waals surface area contributed by atoms with Gasteiger partial charge in [-0.3, -0.25) is 19.2 Å². The largest absolute Gasteiger partial charge is 0.350 e. The molecule has 9 nitrogen and oxygen atoms in total. The molecular weight excluding hydrogens is 598 g/mol. The minimum absolute atomic E-state index is 0.0333. The summed E-state index contributed by atoms with van der Waals surface area (Å²) in [5.74, 6) is -1.33. The van der Waals surface area contributed by atoms with Gasteiger partial charge in [0.1, 0.15) is 0 Å². The number of amides is 3. The number of ketones is 1. The molecule has 2 aromatic heterocycles. The van der Waals surface area contributed by atoms with Crippen molar-refractivity contribution in [1.82, 2.24) is 9.88 Å². The first-order valence-electron chi connectivity index (χ1n) is 16.0. The second kappa shape index (κ2) is 12.8. The third-order valence-corrected chi connectivity index (χ3v) is 10.3. The number of fused-ring (bicyclic) bond motifs is 2. The van der Waals surface area contributed by atoms with Crippen molar-refractivity contribution in [2.75, 3.05) is 16.3 Å². The predicted molar refractivity (Wildman–Crippen MR) is 182 cm³/mol. The van der Waals surface area contributed by atoms with Crippen LogP contribution in [0.3, 0.4) is 0 Å². The fourth-order valence-electron chi connectivity index (χ4n) is 6.66. The molecular formula is C36H41N5O4S. The summed E-state index contributed by atoms with van der Waals surface area (Å²) in [5, 5.41) is 7.96. The highest BCUT2D eigenvalue weighted by atomic mass is 32.1. The molecule has 3 amide bonds. The molecule has 240 valence electrons. The lowest BCUT2D eigenvalue weighted by molar-refractivity contribution is -0.132. The molecule has 4 heterocycles. The van der Waals surface area contributed by atoms with Gasteiger partial charge in [-0.2, -0.15) is 11.3 Å². The van der Waals surface area contributed by atoms with Gasteiger partial charge in [0, 0.05) is 55.9 Å². The standard InChI is InChI=1S/C36H41N5O4S/c1-4-36(2,37)35(45)38-28(18-26-21-39(3)29-11-6-5-10-27(26)29)31(42)19-25-17-24-9-7-12-30(40-15-8-13-32(40)43)33(24)41(34(25)44)20-23-14-16-46-22-23/h5-7,9-12,14,16,21-22,25,28H,4,8,13,15,17-20,37H2,1-3H3,(H,38,45)/t25?,28-,36-/m1/s1. The van der Waals surface area contributed by atoms with E-state index in [1.807, 2.05) is 84.0 Å². The number of nitrogens with one attached hydrogen (secondary N) is 1. The first-order chi connectivity index (χ1) is 22.1. The molecule has 10 heteroatoms. The van der Waals surface area contributed by atoms with Crippen LogP contribution in [0.1, 0.15) is 56.2 Å². The molecule has 3 atom stereocenters. The fraction of sp³-hybridized carbons (Fsp3) is 0.389. The minimum Gasteiger partial charge on any atom is -0.350 e. The predicted octanol–water partition coefficient (Wildman–Crippen LogP) is 4.89. The highest BCUT2D eigenvalue weighted by molar-refractivity contribution is 7.07. The highest BCUT2D eigenvalue weighted by Gasteiger charge is 2.39. The number of anilines is 2. The number of para-hydroxylation sites is 2. The second-order valence-corrected chi connectivity index (χ2v) is 13.6. The molecule has 1 fully saturated rings. The fourth-order valence-corrected chi connectivity index (χ4v) is 7.32. The molecule has 46 heavy (non-hydrogen) atoms.